The maximum atomic E-state index is 12.4. The van der Waals surface area contributed by atoms with Crippen LogP contribution < -0.4 is 5.32 Å². The number of nitrogens with one attached hydrogen (secondary N) is 1. The molecule has 1 aromatic carbocycles. The van der Waals surface area contributed by atoms with Gasteiger partial charge in [-0.15, -0.1) is 0 Å². The number of benzene rings is 1. The first-order valence-corrected chi connectivity index (χ1v) is 6.32. The average Bonchev–Trinajstić information content (AvgIpc) is 3.06. The van der Waals surface area contributed by atoms with Crippen molar-refractivity contribution in [3.8, 4) is 0 Å². The highest BCUT2D eigenvalue weighted by Gasteiger charge is 2.41. The van der Waals surface area contributed by atoms with E-state index in [4.69, 9.17) is 0 Å². The molecule has 1 aliphatic carbocycles. The van der Waals surface area contributed by atoms with Crippen molar-refractivity contribution in [3.05, 3.63) is 35.4 Å². The van der Waals surface area contributed by atoms with Gasteiger partial charge in [0.2, 0.25) is 0 Å². The SMILES string of the molecule is CCNCC1(Cc2ccc(C(F)(F)F)cc2)CC1. The summed E-state index contributed by atoms with van der Waals surface area (Å²) in [7, 11) is 0. The molecule has 0 bridgehead atoms. The van der Waals surface area contributed by atoms with Crippen LogP contribution in [0.15, 0.2) is 24.3 Å². The summed E-state index contributed by atoms with van der Waals surface area (Å²) in [6.07, 6.45) is -1.03. The maximum Gasteiger partial charge on any atom is 0.416 e. The van der Waals surface area contributed by atoms with Crippen molar-refractivity contribution >= 4 is 0 Å². The number of hydrogen-bond acceptors (Lipinski definition) is 1. The summed E-state index contributed by atoms with van der Waals surface area (Å²) in [5.41, 5.74) is 0.719. The van der Waals surface area contributed by atoms with Crippen molar-refractivity contribution < 1.29 is 13.2 Å². The van der Waals surface area contributed by atoms with Crippen molar-refractivity contribution in [2.75, 3.05) is 13.1 Å². The van der Waals surface area contributed by atoms with Gasteiger partial charge in [0.1, 0.15) is 0 Å². The van der Waals surface area contributed by atoms with E-state index in [1.807, 2.05) is 0 Å². The Morgan fingerprint density at radius 3 is 2.22 bits per heavy atom. The van der Waals surface area contributed by atoms with E-state index in [1.165, 1.54) is 25.0 Å². The van der Waals surface area contributed by atoms with E-state index < -0.39 is 11.7 Å². The molecule has 18 heavy (non-hydrogen) atoms. The molecule has 0 aliphatic heterocycles. The lowest BCUT2D eigenvalue weighted by Gasteiger charge is -2.16. The van der Waals surface area contributed by atoms with Crippen LogP contribution in [0.25, 0.3) is 0 Å². The second-order valence-corrected chi connectivity index (χ2v) is 5.15. The second kappa shape index (κ2) is 4.92. The van der Waals surface area contributed by atoms with E-state index in [2.05, 4.69) is 12.2 Å². The van der Waals surface area contributed by atoms with Gasteiger partial charge in [0.25, 0.3) is 0 Å². The third kappa shape index (κ3) is 3.25. The molecule has 4 heteroatoms. The van der Waals surface area contributed by atoms with Crippen LogP contribution in [0.4, 0.5) is 13.2 Å². The van der Waals surface area contributed by atoms with E-state index in [0.29, 0.717) is 0 Å². The fourth-order valence-corrected chi connectivity index (χ4v) is 2.23. The molecule has 0 heterocycles. The molecule has 1 aliphatic rings. The Balaban J connectivity index is 1.99. The monoisotopic (exact) mass is 257 g/mol. The highest BCUT2D eigenvalue weighted by atomic mass is 19.4. The van der Waals surface area contributed by atoms with Gasteiger partial charge in [-0.1, -0.05) is 19.1 Å². The Labute approximate surface area is 105 Å². The molecule has 2 rings (SSSR count). The summed E-state index contributed by atoms with van der Waals surface area (Å²) in [6, 6.07) is 5.57. The fraction of sp³-hybridized carbons (Fsp3) is 0.571. The molecule has 0 saturated heterocycles. The zero-order valence-corrected chi connectivity index (χ0v) is 10.5. The molecule has 0 aromatic heterocycles. The van der Waals surface area contributed by atoms with Crippen molar-refractivity contribution in [2.45, 2.75) is 32.4 Å². The summed E-state index contributed by atoms with van der Waals surface area (Å²) >= 11 is 0. The van der Waals surface area contributed by atoms with Crippen LogP contribution >= 0.6 is 0 Å². The van der Waals surface area contributed by atoms with Crippen molar-refractivity contribution in [2.24, 2.45) is 5.41 Å². The highest BCUT2D eigenvalue weighted by molar-refractivity contribution is 5.26. The summed E-state index contributed by atoms with van der Waals surface area (Å²) in [5, 5.41) is 3.33. The summed E-state index contributed by atoms with van der Waals surface area (Å²) in [5.74, 6) is 0. The maximum absolute atomic E-state index is 12.4. The van der Waals surface area contributed by atoms with Gasteiger partial charge in [0.05, 0.1) is 5.56 Å². The first-order valence-electron chi connectivity index (χ1n) is 6.32. The third-order valence-corrected chi connectivity index (χ3v) is 3.57. The minimum absolute atomic E-state index is 0.287. The smallest absolute Gasteiger partial charge is 0.316 e. The van der Waals surface area contributed by atoms with Crippen LogP contribution in [0.1, 0.15) is 30.9 Å². The predicted octanol–water partition coefficient (Wildman–Crippen LogP) is 3.64. The largest absolute Gasteiger partial charge is 0.416 e. The Morgan fingerprint density at radius 2 is 1.78 bits per heavy atom. The van der Waals surface area contributed by atoms with E-state index in [1.54, 1.807) is 12.1 Å². The summed E-state index contributed by atoms with van der Waals surface area (Å²) < 4.78 is 37.3. The minimum Gasteiger partial charge on any atom is -0.316 e. The van der Waals surface area contributed by atoms with E-state index in [9.17, 15) is 13.2 Å². The Kier molecular flexibility index (Phi) is 3.66. The lowest BCUT2D eigenvalue weighted by Crippen LogP contribution is -2.25. The van der Waals surface area contributed by atoms with Gasteiger partial charge in [0, 0.05) is 6.54 Å². The van der Waals surface area contributed by atoms with Crippen molar-refractivity contribution in [3.63, 3.8) is 0 Å². The van der Waals surface area contributed by atoms with E-state index >= 15 is 0 Å². The van der Waals surface area contributed by atoms with Crippen LogP contribution in [0.3, 0.4) is 0 Å². The fourth-order valence-electron chi connectivity index (χ4n) is 2.23. The summed E-state index contributed by atoms with van der Waals surface area (Å²) in [6.45, 7) is 3.97. The zero-order chi connectivity index (χ0) is 13.2. The molecule has 0 amide bonds. The van der Waals surface area contributed by atoms with Crippen LogP contribution in [0, 0.1) is 5.41 Å². The van der Waals surface area contributed by atoms with Crippen molar-refractivity contribution in [1.82, 2.24) is 5.32 Å². The van der Waals surface area contributed by atoms with Crippen LogP contribution in [-0.2, 0) is 12.6 Å². The van der Waals surface area contributed by atoms with Gasteiger partial charge in [0.15, 0.2) is 0 Å². The van der Waals surface area contributed by atoms with Gasteiger partial charge in [-0.3, -0.25) is 0 Å². The molecule has 0 spiro atoms. The summed E-state index contributed by atoms with van der Waals surface area (Å²) in [4.78, 5) is 0. The highest BCUT2D eigenvalue weighted by Crippen LogP contribution is 2.47. The first kappa shape index (κ1) is 13.4. The van der Waals surface area contributed by atoms with Gasteiger partial charge in [-0.2, -0.15) is 13.2 Å². The molecule has 1 aromatic rings. The van der Waals surface area contributed by atoms with E-state index in [-0.39, 0.29) is 5.41 Å². The standard InChI is InChI=1S/C14H18F3N/c1-2-18-10-13(7-8-13)9-11-3-5-12(6-4-11)14(15,16)17/h3-6,18H,2,7-10H2,1H3. The molecule has 0 radical (unpaired) electrons. The molecular weight excluding hydrogens is 239 g/mol. The normalized spacial score (nSPS) is 17.8. The van der Waals surface area contributed by atoms with Crippen LogP contribution in [0.5, 0.6) is 0 Å². The number of alkyl halides is 3. The van der Waals surface area contributed by atoms with Crippen LogP contribution in [0.2, 0.25) is 0 Å². The topological polar surface area (TPSA) is 12.0 Å². The van der Waals surface area contributed by atoms with Gasteiger partial charge >= 0.3 is 6.18 Å². The molecule has 0 unspecified atom stereocenters. The Bertz CT molecular complexity index is 390. The molecule has 100 valence electrons. The number of hydrogen-bond donors (Lipinski definition) is 1. The Hall–Kier alpha value is -1.03. The molecule has 1 fully saturated rings. The van der Waals surface area contributed by atoms with E-state index in [0.717, 1.165) is 25.1 Å². The van der Waals surface area contributed by atoms with Crippen LogP contribution in [-0.4, -0.2) is 13.1 Å². The van der Waals surface area contributed by atoms with Crippen molar-refractivity contribution in [1.29, 1.82) is 0 Å². The van der Waals surface area contributed by atoms with Gasteiger partial charge < -0.3 is 5.32 Å². The third-order valence-electron chi connectivity index (χ3n) is 3.57. The van der Waals surface area contributed by atoms with Gasteiger partial charge in [-0.25, -0.2) is 0 Å². The quantitative estimate of drug-likeness (QED) is 0.849. The average molecular weight is 257 g/mol. The predicted molar refractivity (Wildman–Crippen MR) is 65.4 cm³/mol. The molecular formula is C14H18F3N. The molecule has 1 saturated carbocycles. The molecule has 1 N–H and O–H groups in total. The lowest BCUT2D eigenvalue weighted by atomic mass is 9.95. The first-order chi connectivity index (χ1) is 8.45. The molecule has 1 nitrogen and oxygen atoms in total. The number of rotatable bonds is 5. The lowest BCUT2D eigenvalue weighted by molar-refractivity contribution is -0.137. The molecule has 0 atom stereocenters. The number of halogens is 3. The zero-order valence-electron chi connectivity index (χ0n) is 10.5. The minimum atomic E-state index is -4.24. The Morgan fingerprint density at radius 1 is 1.17 bits per heavy atom. The second-order valence-electron chi connectivity index (χ2n) is 5.15. The van der Waals surface area contributed by atoms with Gasteiger partial charge in [-0.05, 0) is 48.9 Å².